The van der Waals surface area contributed by atoms with Crippen molar-refractivity contribution in [3.8, 4) is 0 Å². The van der Waals surface area contributed by atoms with Gasteiger partial charge < -0.3 is 4.42 Å². The van der Waals surface area contributed by atoms with Gasteiger partial charge in [-0.1, -0.05) is 11.6 Å². The van der Waals surface area contributed by atoms with Gasteiger partial charge in [-0.05, 0) is 44.2 Å². The number of hydrogen-bond donors (Lipinski definition) is 2. The lowest BCUT2D eigenvalue weighted by Gasteiger charge is -2.10. The maximum Gasteiger partial charge on any atom is 0.273 e. The van der Waals surface area contributed by atoms with E-state index >= 15 is 0 Å². The number of nitrogens with zero attached hydrogens (tertiary/aromatic N) is 1. The number of benzene rings is 1. The lowest BCUT2D eigenvalue weighted by atomic mass is 10.1. The van der Waals surface area contributed by atoms with Crippen molar-refractivity contribution in [3.63, 3.8) is 0 Å². The van der Waals surface area contributed by atoms with E-state index in [1.54, 1.807) is 38.1 Å². The Morgan fingerprint density at radius 2 is 1.75 bits per heavy atom. The molecule has 24 heavy (non-hydrogen) atoms. The summed E-state index contributed by atoms with van der Waals surface area (Å²) in [6, 6.07) is 8.47. The highest BCUT2D eigenvalue weighted by Gasteiger charge is 2.15. The molecule has 2 amide bonds. The fourth-order valence-corrected chi connectivity index (χ4v) is 2.52. The standard InChI is InChI=1S/C17H14ClN3O3/c1-9-14(8-11-7-12(18)3-4-15(11)19-9)17(23)21-20-16(22)13-5-6-24-10(13)2/h3-8H,1-2H3,(H,20,22)(H,21,23). The fraction of sp³-hybridized carbons (Fsp3) is 0.118. The summed E-state index contributed by atoms with van der Waals surface area (Å²) in [5.74, 6) is -0.444. The van der Waals surface area contributed by atoms with Gasteiger partial charge in [0.15, 0.2) is 0 Å². The van der Waals surface area contributed by atoms with E-state index in [0.29, 0.717) is 27.6 Å². The summed E-state index contributed by atoms with van der Waals surface area (Å²) in [6.45, 7) is 3.39. The van der Waals surface area contributed by atoms with Crippen LogP contribution in [0.3, 0.4) is 0 Å². The number of aryl methyl sites for hydroxylation is 2. The fourth-order valence-electron chi connectivity index (χ4n) is 2.34. The molecule has 0 radical (unpaired) electrons. The van der Waals surface area contributed by atoms with Crippen LogP contribution in [0.1, 0.15) is 32.2 Å². The van der Waals surface area contributed by atoms with Crippen LogP contribution in [-0.4, -0.2) is 16.8 Å². The minimum Gasteiger partial charge on any atom is -0.469 e. The predicted octanol–water partition coefficient (Wildman–Crippen LogP) is 3.17. The van der Waals surface area contributed by atoms with E-state index in [9.17, 15) is 9.59 Å². The molecular formula is C17H14ClN3O3. The Morgan fingerprint density at radius 1 is 1.04 bits per heavy atom. The maximum absolute atomic E-state index is 12.3. The van der Waals surface area contributed by atoms with Gasteiger partial charge in [-0.3, -0.25) is 25.4 Å². The van der Waals surface area contributed by atoms with Crippen LogP contribution in [0.2, 0.25) is 5.02 Å². The van der Waals surface area contributed by atoms with E-state index < -0.39 is 11.8 Å². The summed E-state index contributed by atoms with van der Waals surface area (Å²) in [6.07, 6.45) is 1.41. The normalized spacial score (nSPS) is 10.6. The minimum atomic E-state index is -0.462. The maximum atomic E-state index is 12.3. The Morgan fingerprint density at radius 3 is 2.42 bits per heavy atom. The monoisotopic (exact) mass is 343 g/mol. The van der Waals surface area contributed by atoms with Gasteiger partial charge in [0, 0.05) is 10.4 Å². The first-order chi connectivity index (χ1) is 11.5. The number of carbonyl (C=O) groups excluding carboxylic acids is 2. The summed E-state index contributed by atoms with van der Waals surface area (Å²) in [7, 11) is 0. The second-order valence-corrected chi connectivity index (χ2v) is 5.69. The van der Waals surface area contributed by atoms with Gasteiger partial charge in [-0.2, -0.15) is 0 Å². The van der Waals surface area contributed by atoms with Crippen molar-refractivity contribution >= 4 is 34.3 Å². The van der Waals surface area contributed by atoms with E-state index in [0.717, 1.165) is 10.9 Å². The number of rotatable bonds is 2. The topological polar surface area (TPSA) is 84.2 Å². The molecular weight excluding hydrogens is 330 g/mol. The predicted molar refractivity (Wildman–Crippen MR) is 89.9 cm³/mol. The van der Waals surface area contributed by atoms with Crippen LogP contribution in [-0.2, 0) is 0 Å². The number of furan rings is 1. The molecule has 0 spiro atoms. The molecule has 0 aliphatic rings. The Balaban J connectivity index is 1.80. The number of pyridine rings is 1. The van der Waals surface area contributed by atoms with E-state index in [2.05, 4.69) is 15.8 Å². The molecule has 7 heteroatoms. The van der Waals surface area contributed by atoms with Crippen LogP contribution in [0.25, 0.3) is 10.9 Å². The van der Waals surface area contributed by atoms with E-state index in [1.165, 1.54) is 12.3 Å². The summed E-state index contributed by atoms with van der Waals surface area (Å²) < 4.78 is 5.06. The zero-order valence-electron chi connectivity index (χ0n) is 13.0. The van der Waals surface area contributed by atoms with Crippen molar-refractivity contribution < 1.29 is 14.0 Å². The lowest BCUT2D eigenvalue weighted by Crippen LogP contribution is -2.42. The average molecular weight is 344 g/mol. The van der Waals surface area contributed by atoms with Crippen LogP contribution in [0.4, 0.5) is 0 Å². The van der Waals surface area contributed by atoms with Crippen LogP contribution in [0.5, 0.6) is 0 Å². The number of aromatic nitrogens is 1. The molecule has 0 saturated carbocycles. The van der Waals surface area contributed by atoms with Gasteiger partial charge >= 0.3 is 0 Å². The number of fused-ring (bicyclic) bond motifs is 1. The van der Waals surface area contributed by atoms with E-state index in [4.69, 9.17) is 16.0 Å². The molecule has 0 unspecified atom stereocenters. The van der Waals surface area contributed by atoms with Crippen molar-refractivity contribution in [3.05, 3.63) is 64.2 Å². The number of hydrogen-bond acceptors (Lipinski definition) is 4. The molecule has 0 bridgehead atoms. The first kappa shape index (κ1) is 16.0. The molecule has 0 fully saturated rings. The molecule has 2 heterocycles. The number of nitrogens with one attached hydrogen (secondary N) is 2. The van der Waals surface area contributed by atoms with Gasteiger partial charge in [0.25, 0.3) is 11.8 Å². The van der Waals surface area contributed by atoms with Gasteiger partial charge in [0.1, 0.15) is 5.76 Å². The third kappa shape index (κ3) is 3.09. The molecule has 0 atom stereocenters. The molecule has 0 aliphatic carbocycles. The molecule has 3 rings (SSSR count). The van der Waals surface area contributed by atoms with Crippen LogP contribution in [0.15, 0.2) is 41.0 Å². The highest BCUT2D eigenvalue weighted by Crippen LogP contribution is 2.20. The third-order valence-electron chi connectivity index (χ3n) is 3.60. The number of amides is 2. The summed E-state index contributed by atoms with van der Waals surface area (Å²) in [5.41, 5.74) is 6.75. The Kier molecular flexibility index (Phi) is 4.22. The quantitative estimate of drug-likeness (QED) is 0.700. The smallest absolute Gasteiger partial charge is 0.273 e. The van der Waals surface area contributed by atoms with Crippen LogP contribution < -0.4 is 10.9 Å². The molecule has 0 saturated heterocycles. The first-order valence-electron chi connectivity index (χ1n) is 7.17. The van der Waals surface area contributed by atoms with Gasteiger partial charge in [-0.25, -0.2) is 0 Å². The number of halogens is 1. The van der Waals surface area contributed by atoms with Gasteiger partial charge in [-0.15, -0.1) is 0 Å². The SMILES string of the molecule is Cc1nc2ccc(Cl)cc2cc1C(=O)NNC(=O)c1ccoc1C. The van der Waals surface area contributed by atoms with Crippen LogP contribution in [0, 0.1) is 13.8 Å². The highest BCUT2D eigenvalue weighted by molar-refractivity contribution is 6.31. The van der Waals surface area contributed by atoms with Crippen molar-refractivity contribution in [2.75, 3.05) is 0 Å². The summed E-state index contributed by atoms with van der Waals surface area (Å²) in [4.78, 5) is 28.7. The second kappa shape index (κ2) is 6.33. The number of hydrazine groups is 1. The first-order valence-corrected chi connectivity index (χ1v) is 7.55. The molecule has 3 aromatic rings. The van der Waals surface area contributed by atoms with Crippen molar-refractivity contribution in [1.29, 1.82) is 0 Å². The Bertz CT molecular complexity index is 949. The second-order valence-electron chi connectivity index (χ2n) is 5.26. The van der Waals surface area contributed by atoms with E-state index in [1.807, 2.05) is 0 Å². The molecule has 122 valence electrons. The molecule has 6 nitrogen and oxygen atoms in total. The average Bonchev–Trinajstić information content (AvgIpc) is 2.98. The minimum absolute atomic E-state index is 0.356. The summed E-state index contributed by atoms with van der Waals surface area (Å²) >= 11 is 5.97. The van der Waals surface area contributed by atoms with Crippen molar-refractivity contribution in [2.45, 2.75) is 13.8 Å². The zero-order chi connectivity index (χ0) is 17.3. The Labute approximate surface area is 142 Å². The Hall–Kier alpha value is -2.86. The molecule has 1 aromatic carbocycles. The van der Waals surface area contributed by atoms with Crippen molar-refractivity contribution in [2.24, 2.45) is 0 Å². The molecule has 2 N–H and O–H groups in total. The summed E-state index contributed by atoms with van der Waals surface area (Å²) in [5, 5.41) is 1.30. The third-order valence-corrected chi connectivity index (χ3v) is 3.84. The largest absolute Gasteiger partial charge is 0.469 e. The van der Waals surface area contributed by atoms with Crippen LogP contribution >= 0.6 is 11.6 Å². The highest BCUT2D eigenvalue weighted by atomic mass is 35.5. The van der Waals surface area contributed by atoms with Crippen molar-refractivity contribution in [1.82, 2.24) is 15.8 Å². The molecule has 2 aromatic heterocycles. The molecule has 0 aliphatic heterocycles. The zero-order valence-corrected chi connectivity index (χ0v) is 13.8. The number of carbonyl (C=O) groups is 2. The lowest BCUT2D eigenvalue weighted by molar-refractivity contribution is 0.0845. The van der Waals surface area contributed by atoms with E-state index in [-0.39, 0.29) is 0 Å². The van der Waals surface area contributed by atoms with Gasteiger partial charge in [0.05, 0.1) is 28.6 Å². The van der Waals surface area contributed by atoms with Gasteiger partial charge in [0.2, 0.25) is 0 Å².